The molecule has 0 aliphatic carbocycles. The molecule has 3 aromatic carbocycles. The Morgan fingerprint density at radius 1 is 0.929 bits per heavy atom. The van der Waals surface area contributed by atoms with E-state index in [2.05, 4.69) is 15.9 Å². The standard InChI is InChI=1S/C22H17BrClN3O/c1-15(28)21-25-27(20-13-9-18(24)10-14-20)22(16-5-3-2-4-6-16)26(21)19-11-7-17(23)8-12-19/h2-14,22H,1H3/t22-/m1/s1. The van der Waals surface area contributed by atoms with Crippen LogP contribution in [-0.2, 0) is 4.79 Å². The van der Waals surface area contributed by atoms with Gasteiger partial charge in [0.2, 0.25) is 0 Å². The third kappa shape index (κ3) is 3.55. The zero-order chi connectivity index (χ0) is 19.7. The number of hydrogen-bond acceptors (Lipinski definition) is 4. The summed E-state index contributed by atoms with van der Waals surface area (Å²) >= 11 is 9.54. The summed E-state index contributed by atoms with van der Waals surface area (Å²) in [6.45, 7) is 1.54. The Labute approximate surface area is 177 Å². The van der Waals surface area contributed by atoms with Gasteiger partial charge in [-0.1, -0.05) is 57.9 Å². The largest absolute Gasteiger partial charge is 0.295 e. The number of benzene rings is 3. The molecule has 4 nitrogen and oxygen atoms in total. The first-order valence-electron chi connectivity index (χ1n) is 8.79. The van der Waals surface area contributed by atoms with Gasteiger partial charge in [0.25, 0.3) is 0 Å². The smallest absolute Gasteiger partial charge is 0.198 e. The lowest BCUT2D eigenvalue weighted by Gasteiger charge is -2.32. The van der Waals surface area contributed by atoms with Gasteiger partial charge in [0.1, 0.15) is 0 Å². The van der Waals surface area contributed by atoms with Gasteiger partial charge in [0, 0.05) is 22.1 Å². The minimum Gasteiger partial charge on any atom is -0.295 e. The molecule has 1 atom stereocenters. The summed E-state index contributed by atoms with van der Waals surface area (Å²) in [5.74, 6) is 0.298. The second-order valence-corrected chi connectivity index (χ2v) is 7.78. The van der Waals surface area contributed by atoms with Crippen LogP contribution in [0.4, 0.5) is 11.4 Å². The summed E-state index contributed by atoms with van der Waals surface area (Å²) in [6, 6.07) is 25.4. The first-order valence-corrected chi connectivity index (χ1v) is 9.96. The molecule has 0 saturated carbocycles. The lowest BCUT2D eigenvalue weighted by Crippen LogP contribution is -2.37. The Balaban J connectivity index is 1.88. The highest BCUT2D eigenvalue weighted by Crippen LogP contribution is 2.39. The number of halogens is 2. The van der Waals surface area contributed by atoms with Crippen molar-refractivity contribution in [2.45, 2.75) is 13.1 Å². The van der Waals surface area contributed by atoms with Crippen LogP contribution in [-0.4, -0.2) is 11.6 Å². The van der Waals surface area contributed by atoms with E-state index in [-0.39, 0.29) is 11.9 Å². The third-order valence-electron chi connectivity index (χ3n) is 4.52. The predicted octanol–water partition coefficient (Wildman–Crippen LogP) is 6.03. The molecular weight excluding hydrogens is 438 g/mol. The Kier molecular flexibility index (Phi) is 5.20. The number of hydrazone groups is 1. The molecule has 1 heterocycles. The SMILES string of the molecule is CC(=O)C1=NN(c2ccc(Cl)cc2)[C@H](c2ccccc2)N1c1ccc(Br)cc1. The molecule has 140 valence electrons. The number of Topliss-reactive ketones (excluding diaryl/α,β-unsaturated/α-hetero) is 1. The van der Waals surface area contributed by atoms with E-state index in [0.29, 0.717) is 10.9 Å². The van der Waals surface area contributed by atoms with E-state index in [4.69, 9.17) is 16.7 Å². The maximum absolute atomic E-state index is 12.5. The van der Waals surface area contributed by atoms with Crippen LogP contribution >= 0.6 is 27.5 Å². The molecule has 0 amide bonds. The number of amidine groups is 1. The van der Waals surface area contributed by atoms with Crippen molar-refractivity contribution < 1.29 is 4.79 Å². The van der Waals surface area contributed by atoms with Crippen molar-refractivity contribution >= 4 is 50.5 Å². The lowest BCUT2D eigenvalue weighted by atomic mass is 10.1. The van der Waals surface area contributed by atoms with Crippen molar-refractivity contribution in [3.8, 4) is 0 Å². The van der Waals surface area contributed by atoms with E-state index in [9.17, 15) is 4.79 Å². The molecule has 6 heteroatoms. The first kappa shape index (κ1) is 18.7. The quantitative estimate of drug-likeness (QED) is 0.483. The number of nitrogens with zero attached hydrogens (tertiary/aromatic N) is 3. The van der Waals surface area contributed by atoms with Crippen LogP contribution in [0.15, 0.2) is 88.4 Å². The van der Waals surface area contributed by atoms with Crippen LogP contribution in [0.2, 0.25) is 5.02 Å². The van der Waals surface area contributed by atoms with Gasteiger partial charge in [-0.2, -0.15) is 0 Å². The lowest BCUT2D eigenvalue weighted by molar-refractivity contribution is -0.111. The molecule has 0 radical (unpaired) electrons. The van der Waals surface area contributed by atoms with Crippen molar-refractivity contribution in [3.63, 3.8) is 0 Å². The minimum atomic E-state index is -0.289. The zero-order valence-electron chi connectivity index (χ0n) is 15.1. The van der Waals surface area contributed by atoms with E-state index in [0.717, 1.165) is 21.4 Å². The molecular formula is C22H17BrClN3O. The van der Waals surface area contributed by atoms with Crippen molar-refractivity contribution in [2.75, 3.05) is 9.91 Å². The molecule has 0 aromatic heterocycles. The summed E-state index contributed by atoms with van der Waals surface area (Å²) in [5.41, 5.74) is 2.78. The van der Waals surface area contributed by atoms with Gasteiger partial charge in [0.15, 0.2) is 17.8 Å². The summed E-state index contributed by atoms with van der Waals surface area (Å²) < 4.78 is 0.975. The molecule has 0 unspecified atom stereocenters. The Hall–Kier alpha value is -2.63. The highest BCUT2D eigenvalue weighted by molar-refractivity contribution is 9.10. The van der Waals surface area contributed by atoms with Crippen LogP contribution in [0.5, 0.6) is 0 Å². The van der Waals surface area contributed by atoms with E-state index < -0.39 is 0 Å². The van der Waals surface area contributed by atoms with Crippen molar-refractivity contribution in [3.05, 3.63) is 93.9 Å². The van der Waals surface area contributed by atoms with Gasteiger partial charge in [-0.05, 0) is 54.1 Å². The predicted molar refractivity (Wildman–Crippen MR) is 118 cm³/mol. The third-order valence-corrected chi connectivity index (χ3v) is 5.30. The molecule has 1 aliphatic heterocycles. The summed E-state index contributed by atoms with van der Waals surface area (Å²) in [6.07, 6.45) is -0.289. The topological polar surface area (TPSA) is 35.9 Å². The van der Waals surface area contributed by atoms with Crippen LogP contribution < -0.4 is 9.91 Å². The summed E-state index contributed by atoms with van der Waals surface area (Å²) in [5, 5.41) is 7.22. The molecule has 3 aromatic rings. The molecule has 0 bridgehead atoms. The Morgan fingerprint density at radius 2 is 1.54 bits per heavy atom. The van der Waals surface area contributed by atoms with Gasteiger partial charge >= 0.3 is 0 Å². The van der Waals surface area contributed by atoms with Crippen LogP contribution in [0.1, 0.15) is 18.7 Å². The molecule has 1 aliphatic rings. The highest BCUT2D eigenvalue weighted by atomic mass is 79.9. The van der Waals surface area contributed by atoms with Gasteiger partial charge in [-0.25, -0.2) is 5.01 Å². The maximum Gasteiger partial charge on any atom is 0.198 e. The number of rotatable bonds is 4. The number of carbonyl (C=O) groups is 1. The number of hydrogen-bond donors (Lipinski definition) is 0. The van der Waals surface area contributed by atoms with Crippen LogP contribution in [0.3, 0.4) is 0 Å². The molecule has 0 spiro atoms. The van der Waals surface area contributed by atoms with Crippen LogP contribution in [0.25, 0.3) is 0 Å². The Morgan fingerprint density at radius 3 is 2.14 bits per heavy atom. The average molecular weight is 455 g/mol. The highest BCUT2D eigenvalue weighted by Gasteiger charge is 2.39. The van der Waals surface area contributed by atoms with Crippen molar-refractivity contribution in [2.24, 2.45) is 5.10 Å². The molecule has 0 N–H and O–H groups in total. The fourth-order valence-electron chi connectivity index (χ4n) is 3.24. The zero-order valence-corrected chi connectivity index (χ0v) is 17.4. The average Bonchev–Trinajstić information content (AvgIpc) is 3.11. The van der Waals surface area contributed by atoms with E-state index in [1.54, 1.807) is 0 Å². The number of carbonyl (C=O) groups excluding carboxylic acids is 1. The minimum absolute atomic E-state index is 0.0969. The second-order valence-electron chi connectivity index (χ2n) is 6.43. The number of ketones is 1. The van der Waals surface area contributed by atoms with Crippen molar-refractivity contribution in [1.29, 1.82) is 0 Å². The molecule has 0 fully saturated rings. The van der Waals surface area contributed by atoms with Gasteiger partial charge in [-0.15, -0.1) is 5.10 Å². The van der Waals surface area contributed by atoms with E-state index >= 15 is 0 Å². The fraction of sp³-hybridized carbons (Fsp3) is 0.0909. The van der Waals surface area contributed by atoms with Crippen LogP contribution in [0, 0.1) is 0 Å². The van der Waals surface area contributed by atoms with Gasteiger partial charge in [0.05, 0.1) is 5.69 Å². The maximum atomic E-state index is 12.5. The summed E-state index contributed by atoms with van der Waals surface area (Å²) in [7, 11) is 0. The van der Waals surface area contributed by atoms with E-state index in [1.807, 2.05) is 88.8 Å². The fourth-order valence-corrected chi connectivity index (χ4v) is 3.63. The molecule has 0 saturated heterocycles. The molecule has 28 heavy (non-hydrogen) atoms. The van der Waals surface area contributed by atoms with Gasteiger partial charge < -0.3 is 0 Å². The normalized spacial score (nSPS) is 16.2. The first-order chi connectivity index (χ1) is 13.5. The monoisotopic (exact) mass is 453 g/mol. The van der Waals surface area contributed by atoms with E-state index in [1.165, 1.54) is 6.92 Å². The molecule has 4 rings (SSSR count). The Bertz CT molecular complexity index is 1020. The van der Waals surface area contributed by atoms with Crippen molar-refractivity contribution in [1.82, 2.24) is 0 Å². The second kappa shape index (κ2) is 7.78. The van der Waals surface area contributed by atoms with Gasteiger partial charge in [-0.3, -0.25) is 9.69 Å². The summed E-state index contributed by atoms with van der Waals surface area (Å²) in [4.78, 5) is 14.4. The number of anilines is 2.